The second-order valence-electron chi connectivity index (χ2n) is 2.76. The van der Waals surface area contributed by atoms with Crippen molar-refractivity contribution in [2.75, 3.05) is 6.54 Å². The van der Waals surface area contributed by atoms with Gasteiger partial charge in [-0.1, -0.05) is 12.2 Å². The minimum absolute atomic E-state index is 0.465. The minimum atomic E-state index is 0.465. The zero-order valence-corrected chi connectivity index (χ0v) is 8.40. The molecule has 1 rings (SSSR count). The molecule has 0 fully saturated rings. The molecule has 0 saturated heterocycles. The Morgan fingerprint density at radius 3 is 3.08 bits per heavy atom. The van der Waals surface area contributed by atoms with E-state index in [1.165, 1.54) is 5.56 Å². The fourth-order valence-electron chi connectivity index (χ4n) is 1.00. The average molecular weight is 181 g/mol. The van der Waals surface area contributed by atoms with E-state index in [1.54, 1.807) is 11.3 Å². The zero-order valence-electron chi connectivity index (χ0n) is 7.58. The topological polar surface area (TPSA) is 12.0 Å². The van der Waals surface area contributed by atoms with Crippen molar-refractivity contribution in [2.24, 2.45) is 0 Å². The SMILES string of the molecule is C/C=C/CNC(C)c1ccsc1. The molecule has 0 amide bonds. The third-order valence-electron chi connectivity index (χ3n) is 1.82. The van der Waals surface area contributed by atoms with Crippen LogP contribution in [0.5, 0.6) is 0 Å². The Labute approximate surface area is 78.1 Å². The quantitative estimate of drug-likeness (QED) is 0.704. The molecule has 0 bridgehead atoms. The van der Waals surface area contributed by atoms with Gasteiger partial charge in [0.1, 0.15) is 0 Å². The average Bonchev–Trinajstić information content (AvgIpc) is 2.56. The molecule has 0 aliphatic carbocycles. The van der Waals surface area contributed by atoms with Crippen molar-refractivity contribution in [2.45, 2.75) is 19.9 Å². The van der Waals surface area contributed by atoms with Gasteiger partial charge in [-0.3, -0.25) is 0 Å². The van der Waals surface area contributed by atoms with Crippen LogP contribution in [0.25, 0.3) is 0 Å². The third kappa shape index (κ3) is 2.80. The first-order valence-corrected chi connectivity index (χ1v) is 5.15. The Bertz CT molecular complexity index is 226. The molecule has 1 atom stereocenters. The lowest BCUT2D eigenvalue weighted by molar-refractivity contribution is 0.619. The van der Waals surface area contributed by atoms with Crippen LogP contribution in [0.1, 0.15) is 25.5 Å². The molecule has 0 aromatic carbocycles. The summed E-state index contributed by atoms with van der Waals surface area (Å²) >= 11 is 1.75. The van der Waals surface area contributed by atoms with Crippen molar-refractivity contribution in [1.82, 2.24) is 5.32 Å². The Morgan fingerprint density at radius 2 is 2.50 bits per heavy atom. The molecule has 0 saturated carbocycles. The first-order chi connectivity index (χ1) is 5.84. The van der Waals surface area contributed by atoms with Crippen LogP contribution in [0.15, 0.2) is 29.0 Å². The van der Waals surface area contributed by atoms with Crippen LogP contribution in [0.4, 0.5) is 0 Å². The maximum Gasteiger partial charge on any atom is 0.0302 e. The smallest absolute Gasteiger partial charge is 0.0302 e. The number of hydrogen-bond donors (Lipinski definition) is 1. The lowest BCUT2D eigenvalue weighted by Gasteiger charge is -2.09. The molecule has 0 spiro atoms. The van der Waals surface area contributed by atoms with E-state index >= 15 is 0 Å². The highest BCUT2D eigenvalue weighted by Gasteiger charge is 2.01. The Morgan fingerprint density at radius 1 is 1.67 bits per heavy atom. The summed E-state index contributed by atoms with van der Waals surface area (Å²) in [4.78, 5) is 0. The summed E-state index contributed by atoms with van der Waals surface area (Å²) in [6.45, 7) is 5.18. The molecule has 1 N–H and O–H groups in total. The summed E-state index contributed by atoms with van der Waals surface area (Å²) in [5.41, 5.74) is 1.38. The molecule has 1 aromatic rings. The number of nitrogens with one attached hydrogen (secondary N) is 1. The van der Waals surface area contributed by atoms with Gasteiger partial charge >= 0.3 is 0 Å². The summed E-state index contributed by atoms with van der Waals surface area (Å²) < 4.78 is 0. The first-order valence-electron chi connectivity index (χ1n) is 4.21. The maximum atomic E-state index is 3.41. The fraction of sp³-hybridized carbons (Fsp3) is 0.400. The van der Waals surface area contributed by atoms with Gasteiger partial charge in [-0.25, -0.2) is 0 Å². The fourth-order valence-corrected chi connectivity index (χ4v) is 1.76. The van der Waals surface area contributed by atoms with Gasteiger partial charge in [0.25, 0.3) is 0 Å². The molecule has 1 heterocycles. The number of rotatable bonds is 4. The maximum absolute atomic E-state index is 3.41. The van der Waals surface area contributed by atoms with Crippen LogP contribution in [-0.2, 0) is 0 Å². The van der Waals surface area contributed by atoms with Crippen molar-refractivity contribution in [3.8, 4) is 0 Å². The van der Waals surface area contributed by atoms with Crippen LogP contribution in [-0.4, -0.2) is 6.54 Å². The van der Waals surface area contributed by atoms with Gasteiger partial charge < -0.3 is 5.32 Å². The van der Waals surface area contributed by atoms with E-state index in [9.17, 15) is 0 Å². The minimum Gasteiger partial charge on any atom is -0.307 e. The predicted molar refractivity (Wildman–Crippen MR) is 55.6 cm³/mol. The second-order valence-corrected chi connectivity index (χ2v) is 3.54. The molecule has 0 aliphatic heterocycles. The van der Waals surface area contributed by atoms with Gasteiger partial charge in [0.2, 0.25) is 0 Å². The molecule has 12 heavy (non-hydrogen) atoms. The lowest BCUT2D eigenvalue weighted by atomic mass is 10.2. The number of hydrogen-bond acceptors (Lipinski definition) is 2. The van der Waals surface area contributed by atoms with Crippen LogP contribution in [0.3, 0.4) is 0 Å². The van der Waals surface area contributed by atoms with E-state index in [0.717, 1.165) is 6.54 Å². The van der Waals surface area contributed by atoms with Gasteiger partial charge in [0.15, 0.2) is 0 Å². The monoisotopic (exact) mass is 181 g/mol. The second kappa shape index (κ2) is 5.12. The van der Waals surface area contributed by atoms with Gasteiger partial charge in [0, 0.05) is 12.6 Å². The van der Waals surface area contributed by atoms with Crippen LogP contribution >= 0.6 is 11.3 Å². The Hall–Kier alpha value is -0.600. The van der Waals surface area contributed by atoms with Crippen molar-refractivity contribution in [3.63, 3.8) is 0 Å². The standard InChI is InChI=1S/C10H15NS/c1-3-4-6-11-9(2)10-5-7-12-8-10/h3-5,7-9,11H,6H2,1-2H3/b4-3+. The summed E-state index contributed by atoms with van der Waals surface area (Å²) in [5.74, 6) is 0. The van der Waals surface area contributed by atoms with E-state index in [-0.39, 0.29) is 0 Å². The molecule has 1 nitrogen and oxygen atoms in total. The zero-order chi connectivity index (χ0) is 8.81. The van der Waals surface area contributed by atoms with Crippen molar-refractivity contribution < 1.29 is 0 Å². The van der Waals surface area contributed by atoms with Crippen molar-refractivity contribution in [3.05, 3.63) is 34.5 Å². The van der Waals surface area contributed by atoms with Gasteiger partial charge in [-0.15, -0.1) is 0 Å². The number of allylic oxidation sites excluding steroid dienone is 1. The van der Waals surface area contributed by atoms with E-state index in [2.05, 4.69) is 41.2 Å². The molecule has 1 aromatic heterocycles. The van der Waals surface area contributed by atoms with Crippen molar-refractivity contribution in [1.29, 1.82) is 0 Å². The predicted octanol–water partition coefficient (Wildman–Crippen LogP) is 2.97. The summed E-state index contributed by atoms with van der Waals surface area (Å²) in [5, 5.41) is 7.71. The molecule has 1 unspecified atom stereocenters. The van der Waals surface area contributed by atoms with Crippen LogP contribution in [0, 0.1) is 0 Å². The Balaban J connectivity index is 2.34. The molecule has 0 radical (unpaired) electrons. The van der Waals surface area contributed by atoms with Gasteiger partial charge in [-0.05, 0) is 36.2 Å². The largest absolute Gasteiger partial charge is 0.307 e. The molecular weight excluding hydrogens is 166 g/mol. The first kappa shape index (κ1) is 9.49. The van der Waals surface area contributed by atoms with Gasteiger partial charge in [-0.2, -0.15) is 11.3 Å². The van der Waals surface area contributed by atoms with E-state index in [1.807, 2.05) is 6.92 Å². The summed E-state index contributed by atoms with van der Waals surface area (Å²) in [6, 6.07) is 2.63. The van der Waals surface area contributed by atoms with Crippen LogP contribution in [0.2, 0.25) is 0 Å². The van der Waals surface area contributed by atoms with Crippen molar-refractivity contribution >= 4 is 11.3 Å². The Kier molecular flexibility index (Phi) is 4.05. The van der Waals surface area contributed by atoms with E-state index in [0.29, 0.717) is 6.04 Å². The van der Waals surface area contributed by atoms with E-state index in [4.69, 9.17) is 0 Å². The summed E-state index contributed by atoms with van der Waals surface area (Å²) in [6.07, 6.45) is 4.19. The molecule has 0 aliphatic rings. The number of thiophene rings is 1. The molecule has 2 heteroatoms. The summed E-state index contributed by atoms with van der Waals surface area (Å²) in [7, 11) is 0. The highest BCUT2D eigenvalue weighted by molar-refractivity contribution is 7.07. The highest BCUT2D eigenvalue weighted by Crippen LogP contribution is 2.14. The molecule has 66 valence electrons. The normalized spacial score (nSPS) is 13.8. The lowest BCUT2D eigenvalue weighted by Crippen LogP contribution is -2.17. The highest BCUT2D eigenvalue weighted by atomic mass is 32.1. The molecular formula is C10H15NS. The van der Waals surface area contributed by atoms with Crippen LogP contribution < -0.4 is 5.32 Å². The van der Waals surface area contributed by atoms with Gasteiger partial charge in [0.05, 0.1) is 0 Å². The third-order valence-corrected chi connectivity index (χ3v) is 2.52. The van der Waals surface area contributed by atoms with E-state index < -0.39 is 0 Å².